The summed E-state index contributed by atoms with van der Waals surface area (Å²) in [6.45, 7) is 2.07. The van der Waals surface area contributed by atoms with Gasteiger partial charge >= 0.3 is 6.18 Å². The van der Waals surface area contributed by atoms with Gasteiger partial charge in [0.25, 0.3) is 0 Å². The van der Waals surface area contributed by atoms with Crippen LogP contribution in [0.3, 0.4) is 0 Å². The van der Waals surface area contributed by atoms with Crippen molar-refractivity contribution in [2.24, 2.45) is 0 Å². The van der Waals surface area contributed by atoms with Gasteiger partial charge in [-0.05, 0) is 47.7 Å². The molecule has 0 aromatic heterocycles. The number of hydrogen-bond donors (Lipinski definition) is 0. The highest BCUT2D eigenvalue weighted by Crippen LogP contribution is 2.35. The first-order chi connectivity index (χ1) is 10.9. The summed E-state index contributed by atoms with van der Waals surface area (Å²) in [5, 5.41) is 0.709. The van der Waals surface area contributed by atoms with Crippen molar-refractivity contribution in [3.8, 4) is 0 Å². The molecule has 0 bridgehead atoms. The number of fused-ring (bicyclic) bond motifs is 1. The molecule has 1 nitrogen and oxygen atoms in total. The van der Waals surface area contributed by atoms with Crippen LogP contribution in [0.1, 0.15) is 22.3 Å². The molecule has 122 valence electrons. The van der Waals surface area contributed by atoms with E-state index in [1.807, 2.05) is 24.3 Å². The van der Waals surface area contributed by atoms with Crippen LogP contribution in [0.25, 0.3) is 0 Å². The van der Waals surface area contributed by atoms with E-state index in [0.29, 0.717) is 30.1 Å². The third kappa shape index (κ3) is 3.88. The molecule has 0 spiro atoms. The smallest absolute Gasteiger partial charge is 0.298 e. The summed E-state index contributed by atoms with van der Waals surface area (Å²) in [6.07, 6.45) is -2.95. The summed E-state index contributed by atoms with van der Waals surface area (Å²) in [4.78, 5) is 2.21. The van der Waals surface area contributed by atoms with E-state index < -0.39 is 11.7 Å². The van der Waals surface area contributed by atoms with Crippen LogP contribution < -0.4 is 0 Å². The lowest BCUT2D eigenvalue weighted by Crippen LogP contribution is -2.33. The van der Waals surface area contributed by atoms with Gasteiger partial charge in [-0.25, -0.2) is 0 Å². The summed E-state index contributed by atoms with van der Waals surface area (Å²) in [6, 6.07) is 12.2. The topological polar surface area (TPSA) is 3.24 Å². The fraction of sp³-hybridized carbons (Fsp3) is 0.333. The van der Waals surface area contributed by atoms with Gasteiger partial charge in [-0.1, -0.05) is 35.9 Å². The highest BCUT2D eigenvalue weighted by atomic mass is 35.5. The molecule has 0 unspecified atom stereocenters. The zero-order valence-corrected chi connectivity index (χ0v) is 13.3. The van der Waals surface area contributed by atoms with Crippen molar-refractivity contribution in [2.45, 2.75) is 25.6 Å². The van der Waals surface area contributed by atoms with E-state index in [4.69, 9.17) is 11.6 Å². The number of nitrogens with zero attached hydrogens (tertiary/aromatic N) is 1. The van der Waals surface area contributed by atoms with Crippen molar-refractivity contribution in [3.63, 3.8) is 0 Å². The van der Waals surface area contributed by atoms with Gasteiger partial charge in [0.05, 0.1) is 5.56 Å². The van der Waals surface area contributed by atoms with E-state index in [0.717, 1.165) is 18.5 Å². The summed E-state index contributed by atoms with van der Waals surface area (Å²) >= 11 is 5.87. The monoisotopic (exact) mass is 339 g/mol. The number of halogens is 4. The summed E-state index contributed by atoms with van der Waals surface area (Å²) < 4.78 is 39.2. The van der Waals surface area contributed by atoms with Crippen LogP contribution in [0.2, 0.25) is 5.02 Å². The minimum atomic E-state index is -4.27. The Kier molecular flexibility index (Phi) is 4.64. The highest BCUT2D eigenvalue weighted by Gasteiger charge is 2.35. The van der Waals surface area contributed by atoms with Crippen LogP contribution in [0, 0.1) is 0 Å². The van der Waals surface area contributed by atoms with Crippen molar-refractivity contribution in [1.29, 1.82) is 0 Å². The quantitative estimate of drug-likeness (QED) is 0.764. The first-order valence-corrected chi connectivity index (χ1v) is 7.96. The largest absolute Gasteiger partial charge is 0.416 e. The second-order valence-corrected chi connectivity index (χ2v) is 6.28. The molecule has 0 fully saturated rings. The Morgan fingerprint density at radius 2 is 1.78 bits per heavy atom. The average Bonchev–Trinajstić information content (AvgIpc) is 2.52. The Morgan fingerprint density at radius 3 is 2.48 bits per heavy atom. The molecular formula is C18H17ClF3N. The maximum absolute atomic E-state index is 13.1. The van der Waals surface area contributed by atoms with Gasteiger partial charge in [0.1, 0.15) is 0 Å². The molecule has 5 heteroatoms. The second-order valence-electron chi connectivity index (χ2n) is 5.84. The molecule has 0 atom stereocenters. The van der Waals surface area contributed by atoms with Gasteiger partial charge in [-0.2, -0.15) is 13.2 Å². The van der Waals surface area contributed by atoms with Crippen molar-refractivity contribution in [3.05, 3.63) is 69.7 Å². The molecule has 1 aliphatic heterocycles. The molecule has 0 saturated carbocycles. The molecule has 2 aromatic carbocycles. The number of alkyl halides is 3. The first-order valence-electron chi connectivity index (χ1n) is 7.58. The van der Waals surface area contributed by atoms with Gasteiger partial charge in [-0.3, -0.25) is 4.90 Å². The van der Waals surface area contributed by atoms with Gasteiger partial charge < -0.3 is 0 Å². The van der Waals surface area contributed by atoms with E-state index in [-0.39, 0.29) is 0 Å². The zero-order valence-electron chi connectivity index (χ0n) is 12.5. The minimum Gasteiger partial charge on any atom is -0.298 e. The maximum atomic E-state index is 13.1. The Bertz CT molecular complexity index is 680. The van der Waals surface area contributed by atoms with E-state index in [1.165, 1.54) is 17.7 Å². The third-order valence-electron chi connectivity index (χ3n) is 4.28. The van der Waals surface area contributed by atoms with Gasteiger partial charge in [0.2, 0.25) is 0 Å². The number of hydrogen-bond acceptors (Lipinski definition) is 1. The van der Waals surface area contributed by atoms with E-state index in [2.05, 4.69) is 4.90 Å². The van der Waals surface area contributed by atoms with Crippen molar-refractivity contribution >= 4 is 11.6 Å². The fourth-order valence-electron chi connectivity index (χ4n) is 3.06. The lowest BCUT2D eigenvalue weighted by molar-refractivity contribution is -0.138. The standard InChI is InChI=1S/C18H17ClF3N/c19-15-6-4-13(5-7-15)8-10-23-11-9-16-14(12-23)2-1-3-17(16)18(20,21)22/h1-7H,8-12H2. The summed E-state index contributed by atoms with van der Waals surface area (Å²) in [5.41, 5.74) is 1.96. The predicted molar refractivity (Wildman–Crippen MR) is 85.6 cm³/mol. The molecule has 23 heavy (non-hydrogen) atoms. The Labute approximate surface area is 138 Å². The lowest BCUT2D eigenvalue weighted by Gasteiger charge is -2.30. The van der Waals surface area contributed by atoms with Crippen molar-refractivity contribution in [1.82, 2.24) is 4.90 Å². The van der Waals surface area contributed by atoms with Crippen LogP contribution in [0.5, 0.6) is 0 Å². The number of benzene rings is 2. The van der Waals surface area contributed by atoms with Crippen LogP contribution in [-0.2, 0) is 25.6 Å². The van der Waals surface area contributed by atoms with Crippen LogP contribution in [0.4, 0.5) is 13.2 Å². The number of rotatable bonds is 3. The van der Waals surface area contributed by atoms with Crippen LogP contribution in [-0.4, -0.2) is 18.0 Å². The summed E-state index contributed by atoms with van der Waals surface area (Å²) in [7, 11) is 0. The molecule has 0 saturated heterocycles. The van der Waals surface area contributed by atoms with Crippen LogP contribution >= 0.6 is 11.6 Å². The molecule has 2 aromatic rings. The Morgan fingerprint density at radius 1 is 1.04 bits per heavy atom. The van der Waals surface area contributed by atoms with E-state index in [1.54, 1.807) is 6.07 Å². The average molecular weight is 340 g/mol. The lowest BCUT2D eigenvalue weighted by atomic mass is 9.94. The SMILES string of the molecule is FC(F)(F)c1cccc2c1CCN(CCc1ccc(Cl)cc1)C2. The Hall–Kier alpha value is -1.52. The maximum Gasteiger partial charge on any atom is 0.416 e. The third-order valence-corrected chi connectivity index (χ3v) is 4.53. The first kappa shape index (κ1) is 16.3. The Balaban J connectivity index is 1.67. The summed E-state index contributed by atoms with van der Waals surface area (Å²) in [5.74, 6) is 0. The fourth-order valence-corrected chi connectivity index (χ4v) is 3.19. The van der Waals surface area contributed by atoms with Gasteiger partial charge in [-0.15, -0.1) is 0 Å². The van der Waals surface area contributed by atoms with Crippen molar-refractivity contribution in [2.75, 3.05) is 13.1 Å². The second kappa shape index (κ2) is 6.54. The molecule has 0 N–H and O–H groups in total. The van der Waals surface area contributed by atoms with Gasteiger partial charge in [0, 0.05) is 24.7 Å². The molecule has 3 rings (SSSR count). The van der Waals surface area contributed by atoms with Crippen LogP contribution in [0.15, 0.2) is 42.5 Å². The van der Waals surface area contributed by atoms with Gasteiger partial charge in [0.15, 0.2) is 0 Å². The van der Waals surface area contributed by atoms with E-state index in [9.17, 15) is 13.2 Å². The van der Waals surface area contributed by atoms with Crippen molar-refractivity contribution < 1.29 is 13.2 Å². The minimum absolute atomic E-state index is 0.450. The predicted octanol–water partition coefficient (Wildman–Crippen LogP) is 4.96. The molecule has 0 radical (unpaired) electrons. The normalized spacial score (nSPS) is 15.5. The molecule has 1 aliphatic rings. The zero-order chi connectivity index (χ0) is 16.4. The van der Waals surface area contributed by atoms with E-state index >= 15 is 0 Å². The highest BCUT2D eigenvalue weighted by molar-refractivity contribution is 6.30. The molecule has 1 heterocycles. The molecular weight excluding hydrogens is 323 g/mol. The molecule has 0 amide bonds. The molecule has 0 aliphatic carbocycles.